The van der Waals surface area contributed by atoms with Gasteiger partial charge in [0.15, 0.2) is 0 Å². The maximum atomic E-state index is 3.70. The van der Waals surface area contributed by atoms with Gasteiger partial charge in [0.25, 0.3) is 0 Å². The summed E-state index contributed by atoms with van der Waals surface area (Å²) in [5.41, 5.74) is 0. The minimum Gasteiger partial charge on any atom is -0.314 e. The summed E-state index contributed by atoms with van der Waals surface area (Å²) in [5, 5.41) is 3.70. The fraction of sp³-hybridized carbons (Fsp3) is 1.00. The molecule has 104 valence electrons. The molecule has 3 nitrogen and oxygen atoms in total. The second-order valence-electron chi connectivity index (χ2n) is 6.52. The van der Waals surface area contributed by atoms with Crippen molar-refractivity contribution >= 4 is 0 Å². The lowest BCUT2D eigenvalue weighted by Gasteiger charge is -2.27. The normalized spacial score (nSPS) is 34.5. The van der Waals surface area contributed by atoms with Gasteiger partial charge in [-0.2, -0.15) is 0 Å². The average molecular weight is 251 g/mol. The molecule has 3 fully saturated rings. The zero-order valence-electron chi connectivity index (χ0n) is 11.9. The Balaban J connectivity index is 1.38. The molecule has 18 heavy (non-hydrogen) atoms. The minimum absolute atomic E-state index is 0.852. The Hall–Kier alpha value is -0.120. The van der Waals surface area contributed by atoms with Crippen LogP contribution in [0.25, 0.3) is 0 Å². The Morgan fingerprint density at radius 1 is 1.11 bits per heavy atom. The van der Waals surface area contributed by atoms with Crippen LogP contribution < -0.4 is 5.32 Å². The van der Waals surface area contributed by atoms with Crippen LogP contribution in [0.15, 0.2) is 0 Å². The lowest BCUT2D eigenvalue weighted by Crippen LogP contribution is -2.39. The first kappa shape index (κ1) is 12.9. The van der Waals surface area contributed by atoms with E-state index in [9.17, 15) is 0 Å². The van der Waals surface area contributed by atoms with Crippen molar-refractivity contribution in [3.05, 3.63) is 0 Å². The van der Waals surface area contributed by atoms with Gasteiger partial charge in [0.05, 0.1) is 0 Å². The standard InChI is InChI=1S/C15H29N3/c1-2-18-8-3-4-15(18)12-17-9-7-13(11-17)10-16-14-5-6-14/h13-16H,2-12H2,1H3. The summed E-state index contributed by atoms with van der Waals surface area (Å²) in [6, 6.07) is 1.73. The Morgan fingerprint density at radius 2 is 2.00 bits per heavy atom. The summed E-state index contributed by atoms with van der Waals surface area (Å²) in [7, 11) is 0. The quantitative estimate of drug-likeness (QED) is 0.772. The predicted octanol–water partition coefficient (Wildman–Crippen LogP) is 1.54. The number of hydrogen-bond acceptors (Lipinski definition) is 3. The highest BCUT2D eigenvalue weighted by molar-refractivity contribution is 4.87. The van der Waals surface area contributed by atoms with Crippen molar-refractivity contribution in [1.82, 2.24) is 15.1 Å². The molecule has 0 bridgehead atoms. The molecule has 0 aromatic rings. The monoisotopic (exact) mass is 251 g/mol. The Labute approximate surface area is 112 Å². The highest BCUT2D eigenvalue weighted by Crippen LogP contribution is 2.23. The maximum Gasteiger partial charge on any atom is 0.0223 e. The van der Waals surface area contributed by atoms with E-state index in [1.807, 2.05) is 0 Å². The van der Waals surface area contributed by atoms with E-state index in [0.29, 0.717) is 0 Å². The third-order valence-corrected chi connectivity index (χ3v) is 5.02. The molecule has 2 heterocycles. The summed E-state index contributed by atoms with van der Waals surface area (Å²) in [5.74, 6) is 0.919. The molecular weight excluding hydrogens is 222 g/mol. The molecule has 0 spiro atoms. The van der Waals surface area contributed by atoms with Crippen molar-refractivity contribution in [2.45, 2.75) is 51.1 Å². The molecule has 3 rings (SSSR count). The first-order valence-corrected chi connectivity index (χ1v) is 8.05. The van der Waals surface area contributed by atoms with E-state index in [4.69, 9.17) is 0 Å². The average Bonchev–Trinajstić information content (AvgIpc) is 2.93. The number of rotatable bonds is 6. The number of hydrogen-bond donors (Lipinski definition) is 1. The molecular formula is C15H29N3. The number of likely N-dealkylation sites (tertiary alicyclic amines) is 2. The van der Waals surface area contributed by atoms with E-state index in [1.54, 1.807) is 0 Å². The van der Waals surface area contributed by atoms with Crippen LogP contribution in [-0.2, 0) is 0 Å². The van der Waals surface area contributed by atoms with Crippen LogP contribution in [0.1, 0.15) is 39.0 Å². The second kappa shape index (κ2) is 5.89. The molecule has 3 aliphatic rings. The van der Waals surface area contributed by atoms with Gasteiger partial charge in [-0.25, -0.2) is 0 Å². The Kier molecular flexibility index (Phi) is 4.22. The summed E-state index contributed by atoms with van der Waals surface area (Å²) in [4.78, 5) is 5.40. The molecule has 0 radical (unpaired) electrons. The SMILES string of the molecule is CCN1CCCC1CN1CCC(CNC2CC2)C1. The van der Waals surface area contributed by atoms with Gasteiger partial charge in [0.1, 0.15) is 0 Å². The maximum absolute atomic E-state index is 3.70. The summed E-state index contributed by atoms with van der Waals surface area (Å²) < 4.78 is 0. The summed E-state index contributed by atoms with van der Waals surface area (Å²) in [6.07, 6.45) is 7.10. The highest BCUT2D eigenvalue weighted by Gasteiger charge is 2.30. The number of nitrogens with zero attached hydrogens (tertiary/aromatic N) is 2. The molecule has 1 saturated carbocycles. The lowest BCUT2D eigenvalue weighted by atomic mass is 10.1. The first-order chi connectivity index (χ1) is 8.85. The molecule has 2 aliphatic heterocycles. The smallest absolute Gasteiger partial charge is 0.0223 e. The van der Waals surface area contributed by atoms with Gasteiger partial charge >= 0.3 is 0 Å². The van der Waals surface area contributed by atoms with E-state index >= 15 is 0 Å². The molecule has 0 amide bonds. The van der Waals surface area contributed by atoms with E-state index in [1.165, 1.54) is 71.4 Å². The number of likely N-dealkylation sites (N-methyl/N-ethyl adjacent to an activating group) is 1. The fourth-order valence-corrected chi connectivity index (χ4v) is 3.68. The summed E-state index contributed by atoms with van der Waals surface area (Å²) >= 11 is 0. The van der Waals surface area contributed by atoms with Crippen molar-refractivity contribution < 1.29 is 0 Å². The van der Waals surface area contributed by atoms with Gasteiger partial charge < -0.3 is 10.2 Å². The third-order valence-electron chi connectivity index (χ3n) is 5.02. The van der Waals surface area contributed by atoms with Crippen LogP contribution in [0.5, 0.6) is 0 Å². The molecule has 2 atom stereocenters. The van der Waals surface area contributed by atoms with Gasteiger partial charge in [-0.15, -0.1) is 0 Å². The van der Waals surface area contributed by atoms with Crippen molar-refractivity contribution in [2.24, 2.45) is 5.92 Å². The van der Waals surface area contributed by atoms with Crippen molar-refractivity contribution in [1.29, 1.82) is 0 Å². The molecule has 2 unspecified atom stereocenters. The molecule has 0 aromatic carbocycles. The van der Waals surface area contributed by atoms with E-state index in [0.717, 1.165) is 18.0 Å². The zero-order valence-corrected chi connectivity index (χ0v) is 11.9. The Bertz CT molecular complexity index is 264. The van der Waals surface area contributed by atoms with Gasteiger partial charge in [-0.05, 0) is 64.2 Å². The van der Waals surface area contributed by atoms with Crippen LogP contribution >= 0.6 is 0 Å². The van der Waals surface area contributed by atoms with Gasteiger partial charge in [-0.3, -0.25) is 4.90 Å². The van der Waals surface area contributed by atoms with Crippen LogP contribution in [0, 0.1) is 5.92 Å². The van der Waals surface area contributed by atoms with E-state index < -0.39 is 0 Å². The van der Waals surface area contributed by atoms with Crippen molar-refractivity contribution in [3.63, 3.8) is 0 Å². The molecule has 1 aliphatic carbocycles. The van der Waals surface area contributed by atoms with Crippen LogP contribution in [0.3, 0.4) is 0 Å². The number of nitrogens with one attached hydrogen (secondary N) is 1. The zero-order chi connectivity index (χ0) is 12.4. The Morgan fingerprint density at radius 3 is 2.78 bits per heavy atom. The highest BCUT2D eigenvalue weighted by atomic mass is 15.2. The van der Waals surface area contributed by atoms with Crippen LogP contribution in [-0.4, -0.2) is 61.2 Å². The minimum atomic E-state index is 0.852. The van der Waals surface area contributed by atoms with Gasteiger partial charge in [0, 0.05) is 25.2 Å². The van der Waals surface area contributed by atoms with Crippen LogP contribution in [0.4, 0.5) is 0 Å². The van der Waals surface area contributed by atoms with Gasteiger partial charge in [-0.1, -0.05) is 6.92 Å². The molecule has 2 saturated heterocycles. The van der Waals surface area contributed by atoms with Gasteiger partial charge in [0.2, 0.25) is 0 Å². The molecule has 3 heteroatoms. The summed E-state index contributed by atoms with van der Waals surface area (Å²) in [6.45, 7) is 10.2. The predicted molar refractivity (Wildman–Crippen MR) is 75.8 cm³/mol. The van der Waals surface area contributed by atoms with E-state index in [-0.39, 0.29) is 0 Å². The third kappa shape index (κ3) is 3.25. The van der Waals surface area contributed by atoms with E-state index in [2.05, 4.69) is 22.0 Å². The largest absolute Gasteiger partial charge is 0.314 e. The first-order valence-electron chi connectivity index (χ1n) is 8.05. The molecule has 0 aromatic heterocycles. The molecule has 1 N–H and O–H groups in total. The van der Waals surface area contributed by atoms with Crippen LogP contribution in [0.2, 0.25) is 0 Å². The second-order valence-corrected chi connectivity index (χ2v) is 6.52. The lowest BCUT2D eigenvalue weighted by molar-refractivity contribution is 0.195. The fourth-order valence-electron chi connectivity index (χ4n) is 3.68. The topological polar surface area (TPSA) is 18.5 Å². The van der Waals surface area contributed by atoms with Crippen molar-refractivity contribution in [2.75, 3.05) is 39.3 Å². The van der Waals surface area contributed by atoms with Crippen molar-refractivity contribution in [3.8, 4) is 0 Å².